The number of rotatable bonds is 4. The zero-order valence-corrected chi connectivity index (χ0v) is 11.0. The van der Waals surface area contributed by atoms with E-state index in [1.807, 2.05) is 13.0 Å². The minimum absolute atomic E-state index is 0.537. The topological polar surface area (TPSA) is 51.8 Å². The molecule has 3 nitrogen and oxygen atoms in total. The van der Waals surface area contributed by atoms with Crippen molar-refractivity contribution < 1.29 is 0 Å². The van der Waals surface area contributed by atoms with Gasteiger partial charge in [0, 0.05) is 18.1 Å². The summed E-state index contributed by atoms with van der Waals surface area (Å²) >= 11 is 0. The molecule has 2 rings (SSSR count). The van der Waals surface area contributed by atoms with Gasteiger partial charge in [-0.25, -0.2) is 9.97 Å². The van der Waals surface area contributed by atoms with E-state index in [0.29, 0.717) is 5.82 Å². The third-order valence-corrected chi connectivity index (χ3v) is 2.90. The molecule has 0 unspecified atom stereocenters. The van der Waals surface area contributed by atoms with E-state index < -0.39 is 0 Å². The second-order valence-corrected chi connectivity index (χ2v) is 4.39. The molecule has 0 saturated carbocycles. The van der Waals surface area contributed by atoms with Crippen molar-refractivity contribution in [3.05, 3.63) is 41.7 Å². The van der Waals surface area contributed by atoms with Crippen molar-refractivity contribution in [3.8, 4) is 11.3 Å². The Hall–Kier alpha value is -1.90. The Morgan fingerprint density at radius 2 is 1.78 bits per heavy atom. The van der Waals surface area contributed by atoms with Crippen molar-refractivity contribution in [1.29, 1.82) is 0 Å². The molecule has 94 valence electrons. The highest BCUT2D eigenvalue weighted by atomic mass is 14.9. The summed E-state index contributed by atoms with van der Waals surface area (Å²) in [6.45, 7) is 4.22. The minimum atomic E-state index is 0.537. The van der Waals surface area contributed by atoms with Crippen LogP contribution >= 0.6 is 0 Å². The molecule has 0 aliphatic heterocycles. The summed E-state index contributed by atoms with van der Waals surface area (Å²) in [7, 11) is 0. The lowest BCUT2D eigenvalue weighted by molar-refractivity contribution is 0.921. The van der Waals surface area contributed by atoms with E-state index in [9.17, 15) is 0 Å². The Balaban J connectivity index is 2.33. The van der Waals surface area contributed by atoms with Crippen molar-refractivity contribution in [2.45, 2.75) is 33.1 Å². The Labute approximate surface area is 108 Å². The summed E-state index contributed by atoms with van der Waals surface area (Å²) in [6, 6.07) is 10.3. The first kappa shape index (κ1) is 12.6. The summed E-state index contributed by atoms with van der Waals surface area (Å²) in [5, 5.41) is 0. The Morgan fingerprint density at radius 3 is 2.39 bits per heavy atom. The molecular formula is C15H19N3. The molecule has 0 atom stereocenters. The van der Waals surface area contributed by atoms with Crippen LogP contribution in [0.5, 0.6) is 0 Å². The van der Waals surface area contributed by atoms with Crippen LogP contribution in [-0.4, -0.2) is 9.97 Å². The molecule has 1 aromatic carbocycles. The molecule has 0 spiro atoms. The third-order valence-electron chi connectivity index (χ3n) is 2.90. The number of benzene rings is 1. The fourth-order valence-electron chi connectivity index (χ4n) is 1.95. The SMILES string of the molecule is CCCc1ccc(-c2cc(N)nc(CC)n2)cc1. The average Bonchev–Trinajstić information content (AvgIpc) is 2.39. The third kappa shape index (κ3) is 2.86. The Kier molecular flexibility index (Phi) is 3.92. The Morgan fingerprint density at radius 1 is 1.06 bits per heavy atom. The van der Waals surface area contributed by atoms with Crippen LogP contribution in [0.3, 0.4) is 0 Å². The summed E-state index contributed by atoms with van der Waals surface area (Å²) in [6.07, 6.45) is 3.08. The van der Waals surface area contributed by atoms with Gasteiger partial charge in [-0.05, 0) is 12.0 Å². The lowest BCUT2D eigenvalue weighted by atomic mass is 10.1. The fraction of sp³-hybridized carbons (Fsp3) is 0.333. The van der Waals surface area contributed by atoms with Crippen LogP contribution in [-0.2, 0) is 12.8 Å². The van der Waals surface area contributed by atoms with E-state index in [1.54, 1.807) is 0 Å². The van der Waals surface area contributed by atoms with Gasteiger partial charge in [-0.3, -0.25) is 0 Å². The van der Waals surface area contributed by atoms with Gasteiger partial charge in [0.15, 0.2) is 0 Å². The quantitative estimate of drug-likeness (QED) is 0.894. The molecule has 1 aromatic heterocycles. The van der Waals surface area contributed by atoms with E-state index >= 15 is 0 Å². The molecule has 0 amide bonds. The van der Waals surface area contributed by atoms with Gasteiger partial charge in [0.1, 0.15) is 11.6 Å². The fourth-order valence-corrected chi connectivity index (χ4v) is 1.95. The predicted octanol–water partition coefficient (Wildman–Crippen LogP) is 3.24. The van der Waals surface area contributed by atoms with Crippen LogP contribution < -0.4 is 5.73 Å². The monoisotopic (exact) mass is 241 g/mol. The minimum Gasteiger partial charge on any atom is -0.384 e. The van der Waals surface area contributed by atoms with E-state index in [4.69, 9.17) is 5.73 Å². The standard InChI is InChI=1S/C15H19N3/c1-3-5-11-6-8-12(9-7-11)13-10-14(16)18-15(4-2)17-13/h6-10H,3-5H2,1-2H3,(H2,16,17,18). The maximum Gasteiger partial charge on any atom is 0.131 e. The molecule has 0 fully saturated rings. The highest BCUT2D eigenvalue weighted by Crippen LogP contribution is 2.20. The molecular weight excluding hydrogens is 222 g/mol. The van der Waals surface area contributed by atoms with Gasteiger partial charge in [0.25, 0.3) is 0 Å². The first-order valence-corrected chi connectivity index (χ1v) is 6.45. The number of anilines is 1. The van der Waals surface area contributed by atoms with Crippen molar-refractivity contribution >= 4 is 5.82 Å². The molecule has 1 heterocycles. The first-order chi connectivity index (χ1) is 8.72. The van der Waals surface area contributed by atoms with Gasteiger partial charge in [-0.1, -0.05) is 44.5 Å². The van der Waals surface area contributed by atoms with Gasteiger partial charge in [-0.15, -0.1) is 0 Å². The normalized spacial score (nSPS) is 10.6. The van der Waals surface area contributed by atoms with E-state index in [1.165, 1.54) is 12.0 Å². The number of nitrogen functional groups attached to an aromatic ring is 1. The van der Waals surface area contributed by atoms with Crippen LogP contribution in [0.15, 0.2) is 30.3 Å². The van der Waals surface area contributed by atoms with Gasteiger partial charge in [0.2, 0.25) is 0 Å². The van der Waals surface area contributed by atoms with Gasteiger partial charge in [-0.2, -0.15) is 0 Å². The highest BCUT2D eigenvalue weighted by molar-refractivity contribution is 5.62. The van der Waals surface area contributed by atoms with Crippen LogP contribution in [0.4, 0.5) is 5.82 Å². The molecule has 0 aliphatic carbocycles. The van der Waals surface area contributed by atoms with Gasteiger partial charge >= 0.3 is 0 Å². The molecule has 18 heavy (non-hydrogen) atoms. The largest absolute Gasteiger partial charge is 0.384 e. The molecule has 0 saturated heterocycles. The Bertz CT molecular complexity index is 518. The maximum atomic E-state index is 5.80. The lowest BCUT2D eigenvalue weighted by Crippen LogP contribution is -2.00. The number of nitrogens with zero attached hydrogens (tertiary/aromatic N) is 2. The van der Waals surface area contributed by atoms with Crippen LogP contribution in [0, 0.1) is 0 Å². The molecule has 0 aliphatic rings. The summed E-state index contributed by atoms with van der Waals surface area (Å²) < 4.78 is 0. The lowest BCUT2D eigenvalue weighted by Gasteiger charge is -2.06. The van der Waals surface area contributed by atoms with Gasteiger partial charge in [0.05, 0.1) is 5.69 Å². The molecule has 2 aromatic rings. The smallest absolute Gasteiger partial charge is 0.131 e. The molecule has 0 bridgehead atoms. The molecule has 2 N–H and O–H groups in total. The number of aromatic nitrogens is 2. The number of hydrogen-bond acceptors (Lipinski definition) is 3. The number of nitrogens with two attached hydrogens (primary N) is 1. The van der Waals surface area contributed by atoms with Crippen molar-refractivity contribution in [3.63, 3.8) is 0 Å². The van der Waals surface area contributed by atoms with Crippen LogP contribution in [0.25, 0.3) is 11.3 Å². The zero-order chi connectivity index (χ0) is 13.0. The second kappa shape index (κ2) is 5.63. The van der Waals surface area contributed by atoms with Crippen LogP contribution in [0.1, 0.15) is 31.7 Å². The molecule has 3 heteroatoms. The van der Waals surface area contributed by atoms with E-state index in [-0.39, 0.29) is 0 Å². The predicted molar refractivity (Wildman–Crippen MR) is 75.3 cm³/mol. The second-order valence-electron chi connectivity index (χ2n) is 4.39. The number of aryl methyl sites for hydroxylation is 2. The average molecular weight is 241 g/mol. The van der Waals surface area contributed by atoms with Crippen molar-refractivity contribution in [2.75, 3.05) is 5.73 Å². The van der Waals surface area contributed by atoms with Crippen molar-refractivity contribution in [2.24, 2.45) is 0 Å². The van der Waals surface area contributed by atoms with Crippen molar-refractivity contribution in [1.82, 2.24) is 9.97 Å². The highest BCUT2D eigenvalue weighted by Gasteiger charge is 2.04. The zero-order valence-electron chi connectivity index (χ0n) is 11.0. The van der Waals surface area contributed by atoms with Crippen LogP contribution in [0.2, 0.25) is 0 Å². The summed E-state index contributed by atoms with van der Waals surface area (Å²) in [5.74, 6) is 1.33. The first-order valence-electron chi connectivity index (χ1n) is 6.45. The summed E-state index contributed by atoms with van der Waals surface area (Å²) in [5.41, 5.74) is 9.16. The molecule has 0 radical (unpaired) electrons. The van der Waals surface area contributed by atoms with E-state index in [0.717, 1.165) is 29.9 Å². The van der Waals surface area contributed by atoms with Gasteiger partial charge < -0.3 is 5.73 Å². The number of hydrogen-bond donors (Lipinski definition) is 1. The summed E-state index contributed by atoms with van der Waals surface area (Å²) in [4.78, 5) is 8.70. The van der Waals surface area contributed by atoms with E-state index in [2.05, 4.69) is 41.2 Å². The maximum absolute atomic E-state index is 5.80.